The third-order valence-electron chi connectivity index (χ3n) is 2.69. The minimum Gasteiger partial charge on any atom is -0.378 e. The molecule has 2 aromatic rings. The zero-order valence-corrected chi connectivity index (χ0v) is 12.0. The predicted molar refractivity (Wildman–Crippen MR) is 80.8 cm³/mol. The van der Waals surface area contributed by atoms with Crippen molar-refractivity contribution < 1.29 is 0 Å². The highest BCUT2D eigenvalue weighted by Gasteiger charge is 2.10. The SMILES string of the molecule is CSc1ccc(-c2cn[nH]c(=O)c2NC(C)C)cc1. The van der Waals surface area contributed by atoms with E-state index in [4.69, 9.17) is 0 Å². The van der Waals surface area contributed by atoms with Gasteiger partial charge in [0.05, 0.1) is 6.20 Å². The highest BCUT2D eigenvalue weighted by atomic mass is 32.2. The van der Waals surface area contributed by atoms with Crippen LogP contribution in [0.3, 0.4) is 0 Å². The largest absolute Gasteiger partial charge is 0.378 e. The predicted octanol–water partition coefficient (Wildman–Crippen LogP) is 2.98. The number of aromatic nitrogens is 2. The number of aromatic amines is 1. The number of thioether (sulfide) groups is 1. The summed E-state index contributed by atoms with van der Waals surface area (Å²) in [5, 5.41) is 9.53. The van der Waals surface area contributed by atoms with Crippen LogP contribution < -0.4 is 10.9 Å². The summed E-state index contributed by atoms with van der Waals surface area (Å²) in [5.41, 5.74) is 2.19. The Labute approximate surface area is 116 Å². The van der Waals surface area contributed by atoms with Crippen molar-refractivity contribution in [3.8, 4) is 11.1 Å². The molecule has 1 aromatic heterocycles. The molecule has 0 unspecified atom stereocenters. The summed E-state index contributed by atoms with van der Waals surface area (Å²) in [6.45, 7) is 4.00. The van der Waals surface area contributed by atoms with Crippen LogP contribution in [-0.4, -0.2) is 22.5 Å². The summed E-state index contributed by atoms with van der Waals surface area (Å²) in [6, 6.07) is 8.29. The van der Waals surface area contributed by atoms with Gasteiger partial charge in [-0.2, -0.15) is 5.10 Å². The van der Waals surface area contributed by atoms with Gasteiger partial charge >= 0.3 is 0 Å². The average Bonchev–Trinajstić information content (AvgIpc) is 2.41. The molecular formula is C14H17N3OS. The van der Waals surface area contributed by atoms with Crippen molar-refractivity contribution in [2.75, 3.05) is 11.6 Å². The number of rotatable bonds is 4. The van der Waals surface area contributed by atoms with E-state index >= 15 is 0 Å². The lowest BCUT2D eigenvalue weighted by Crippen LogP contribution is -2.21. The molecule has 19 heavy (non-hydrogen) atoms. The van der Waals surface area contributed by atoms with E-state index in [1.54, 1.807) is 18.0 Å². The third-order valence-corrected chi connectivity index (χ3v) is 3.43. The molecule has 5 heteroatoms. The number of hydrogen-bond donors (Lipinski definition) is 2. The van der Waals surface area contributed by atoms with Gasteiger partial charge in [0.2, 0.25) is 0 Å². The van der Waals surface area contributed by atoms with Crippen LogP contribution in [0.4, 0.5) is 5.69 Å². The highest BCUT2D eigenvalue weighted by Crippen LogP contribution is 2.26. The topological polar surface area (TPSA) is 57.8 Å². The molecule has 0 aliphatic carbocycles. The molecule has 0 fully saturated rings. The van der Waals surface area contributed by atoms with E-state index in [2.05, 4.69) is 15.5 Å². The third kappa shape index (κ3) is 3.17. The second kappa shape index (κ2) is 5.93. The van der Waals surface area contributed by atoms with E-state index in [0.717, 1.165) is 11.1 Å². The van der Waals surface area contributed by atoms with Crippen LogP contribution in [-0.2, 0) is 0 Å². The van der Waals surface area contributed by atoms with Gasteiger partial charge in [0, 0.05) is 16.5 Å². The second-order valence-electron chi connectivity index (χ2n) is 4.52. The van der Waals surface area contributed by atoms with E-state index in [1.807, 2.05) is 44.4 Å². The van der Waals surface area contributed by atoms with Crippen LogP contribution in [0, 0.1) is 0 Å². The Bertz CT molecular complexity index is 605. The Morgan fingerprint density at radius 1 is 1.26 bits per heavy atom. The maximum absolute atomic E-state index is 11.9. The number of nitrogens with zero attached hydrogens (tertiary/aromatic N) is 1. The first-order chi connectivity index (χ1) is 9.11. The first-order valence-electron chi connectivity index (χ1n) is 6.10. The van der Waals surface area contributed by atoms with Crippen LogP contribution in [0.5, 0.6) is 0 Å². The van der Waals surface area contributed by atoms with E-state index < -0.39 is 0 Å². The molecule has 100 valence electrons. The van der Waals surface area contributed by atoms with Gasteiger partial charge in [-0.25, -0.2) is 5.10 Å². The Kier molecular flexibility index (Phi) is 4.27. The standard InChI is InChI=1S/C14H17N3OS/c1-9(2)16-13-12(8-15-17-14(13)18)10-4-6-11(19-3)7-5-10/h4-9H,1-3H3,(H,15,16)(H,17,18). The van der Waals surface area contributed by atoms with E-state index in [-0.39, 0.29) is 11.6 Å². The summed E-state index contributed by atoms with van der Waals surface area (Å²) in [5.74, 6) is 0. The molecule has 4 nitrogen and oxygen atoms in total. The number of nitrogens with one attached hydrogen (secondary N) is 2. The van der Waals surface area contributed by atoms with Gasteiger partial charge in [-0.15, -0.1) is 11.8 Å². The van der Waals surface area contributed by atoms with Gasteiger partial charge in [0.1, 0.15) is 5.69 Å². The first kappa shape index (κ1) is 13.7. The quantitative estimate of drug-likeness (QED) is 0.842. The number of anilines is 1. The van der Waals surface area contributed by atoms with Crippen molar-refractivity contribution in [1.29, 1.82) is 0 Å². The van der Waals surface area contributed by atoms with E-state index in [0.29, 0.717) is 5.69 Å². The summed E-state index contributed by atoms with van der Waals surface area (Å²) >= 11 is 1.69. The van der Waals surface area contributed by atoms with Gasteiger partial charge in [0.15, 0.2) is 0 Å². The van der Waals surface area contributed by atoms with E-state index in [1.165, 1.54) is 4.90 Å². The van der Waals surface area contributed by atoms with Gasteiger partial charge < -0.3 is 5.32 Å². The molecule has 0 radical (unpaired) electrons. The van der Waals surface area contributed by atoms with Crippen LogP contribution in [0.2, 0.25) is 0 Å². The zero-order chi connectivity index (χ0) is 13.8. The molecule has 0 aliphatic heterocycles. The normalized spacial score (nSPS) is 10.7. The fourth-order valence-corrected chi connectivity index (χ4v) is 2.23. The minimum atomic E-state index is -0.194. The molecule has 2 rings (SSSR count). The molecule has 0 spiro atoms. The molecule has 1 heterocycles. The fourth-order valence-electron chi connectivity index (χ4n) is 1.82. The molecule has 2 N–H and O–H groups in total. The Morgan fingerprint density at radius 3 is 2.53 bits per heavy atom. The van der Waals surface area contributed by atoms with Crippen molar-refractivity contribution in [2.24, 2.45) is 0 Å². The van der Waals surface area contributed by atoms with Crippen molar-refractivity contribution in [1.82, 2.24) is 10.2 Å². The number of benzene rings is 1. The summed E-state index contributed by atoms with van der Waals surface area (Å²) in [7, 11) is 0. The molecule has 0 bridgehead atoms. The van der Waals surface area contributed by atoms with Crippen molar-refractivity contribution in [3.05, 3.63) is 40.8 Å². The summed E-state index contributed by atoms with van der Waals surface area (Å²) in [4.78, 5) is 13.1. The van der Waals surface area contributed by atoms with Crippen molar-refractivity contribution >= 4 is 17.4 Å². The van der Waals surface area contributed by atoms with Crippen molar-refractivity contribution in [2.45, 2.75) is 24.8 Å². The minimum absolute atomic E-state index is 0.188. The van der Waals surface area contributed by atoms with Crippen molar-refractivity contribution in [3.63, 3.8) is 0 Å². The van der Waals surface area contributed by atoms with Crippen LogP contribution in [0.15, 0.2) is 40.2 Å². The summed E-state index contributed by atoms with van der Waals surface area (Å²) < 4.78 is 0. The molecule has 0 aliphatic rings. The van der Waals surface area contributed by atoms with Crippen LogP contribution in [0.25, 0.3) is 11.1 Å². The average molecular weight is 275 g/mol. The molecule has 0 saturated carbocycles. The lowest BCUT2D eigenvalue weighted by Gasteiger charge is -2.13. The second-order valence-corrected chi connectivity index (χ2v) is 5.39. The van der Waals surface area contributed by atoms with Gasteiger partial charge in [-0.05, 0) is 37.8 Å². The van der Waals surface area contributed by atoms with Crippen LogP contribution in [0.1, 0.15) is 13.8 Å². The summed E-state index contributed by atoms with van der Waals surface area (Å²) in [6.07, 6.45) is 3.72. The molecule has 1 aromatic carbocycles. The van der Waals surface area contributed by atoms with E-state index in [9.17, 15) is 4.79 Å². The monoisotopic (exact) mass is 275 g/mol. The number of hydrogen-bond acceptors (Lipinski definition) is 4. The maximum atomic E-state index is 11.9. The molecule has 0 atom stereocenters. The van der Waals surface area contributed by atoms with Gasteiger partial charge in [-0.1, -0.05) is 12.1 Å². The molecule has 0 amide bonds. The lowest BCUT2D eigenvalue weighted by atomic mass is 10.1. The maximum Gasteiger partial charge on any atom is 0.288 e. The first-order valence-corrected chi connectivity index (χ1v) is 7.33. The Balaban J connectivity index is 2.48. The molecule has 0 saturated heterocycles. The lowest BCUT2D eigenvalue weighted by molar-refractivity contribution is 0.885. The van der Waals surface area contributed by atoms with Gasteiger partial charge in [-0.3, -0.25) is 4.79 Å². The Morgan fingerprint density at radius 2 is 1.95 bits per heavy atom. The smallest absolute Gasteiger partial charge is 0.288 e. The fraction of sp³-hybridized carbons (Fsp3) is 0.286. The van der Waals surface area contributed by atoms with Crippen LogP contribution >= 0.6 is 11.8 Å². The highest BCUT2D eigenvalue weighted by molar-refractivity contribution is 7.98. The zero-order valence-electron chi connectivity index (χ0n) is 11.2. The van der Waals surface area contributed by atoms with Gasteiger partial charge in [0.25, 0.3) is 5.56 Å². The Hall–Kier alpha value is -1.75. The molecular weight excluding hydrogens is 258 g/mol. The number of H-pyrrole nitrogens is 1.